The van der Waals surface area contributed by atoms with Crippen molar-refractivity contribution in [2.45, 2.75) is 51.7 Å². The molecule has 3 aliphatic rings. The van der Waals surface area contributed by atoms with Crippen LogP contribution in [-0.2, 0) is 17.8 Å². The average molecular weight is 502 g/mol. The predicted octanol–water partition coefficient (Wildman–Crippen LogP) is 5.05. The van der Waals surface area contributed by atoms with Crippen LogP contribution in [0.4, 0.5) is 0 Å². The molecule has 7 heteroatoms. The molecule has 0 bridgehead atoms. The topological polar surface area (TPSA) is 71.5 Å². The summed E-state index contributed by atoms with van der Waals surface area (Å²) in [7, 11) is 0. The summed E-state index contributed by atoms with van der Waals surface area (Å²) in [5.41, 5.74) is 5.18. The molecule has 2 aromatic carbocycles. The zero-order valence-electron chi connectivity index (χ0n) is 20.5. The van der Waals surface area contributed by atoms with Gasteiger partial charge in [0.2, 0.25) is 5.91 Å². The molecule has 1 aliphatic heterocycles. The van der Waals surface area contributed by atoms with E-state index >= 15 is 0 Å². The summed E-state index contributed by atoms with van der Waals surface area (Å²) < 4.78 is 6.14. The number of aryl methyl sites for hydroxylation is 1. The Kier molecular flexibility index (Phi) is 6.25. The van der Waals surface area contributed by atoms with E-state index in [2.05, 4.69) is 58.5 Å². The Morgan fingerprint density at radius 3 is 2.78 bits per heavy atom. The van der Waals surface area contributed by atoms with Gasteiger partial charge in [-0.05, 0) is 73.8 Å². The molecule has 0 spiro atoms. The minimum atomic E-state index is -0.111. The Bertz CT molecular complexity index is 1290. The van der Waals surface area contributed by atoms with Crippen molar-refractivity contribution in [2.75, 3.05) is 13.1 Å². The second kappa shape index (κ2) is 9.69. The number of fused-ring (bicyclic) bond motifs is 1. The number of thiazole rings is 1. The number of nitrogens with zero attached hydrogens (tertiary/aromatic N) is 2. The van der Waals surface area contributed by atoms with Crippen molar-refractivity contribution in [3.63, 3.8) is 0 Å². The summed E-state index contributed by atoms with van der Waals surface area (Å²) in [4.78, 5) is 32.1. The summed E-state index contributed by atoms with van der Waals surface area (Å²) in [5.74, 6) is 1.73. The van der Waals surface area contributed by atoms with E-state index in [-0.39, 0.29) is 23.8 Å². The van der Waals surface area contributed by atoms with Crippen LogP contribution in [0.25, 0.3) is 0 Å². The molecule has 6 nitrogen and oxygen atoms in total. The fourth-order valence-electron chi connectivity index (χ4n) is 4.96. The number of nitrogens with one attached hydrogen (secondary N) is 1. The number of hydrogen-bond acceptors (Lipinski definition) is 5. The Balaban J connectivity index is 1.21. The van der Waals surface area contributed by atoms with Crippen molar-refractivity contribution in [3.8, 4) is 5.75 Å². The van der Waals surface area contributed by atoms with Gasteiger partial charge < -0.3 is 15.0 Å². The van der Waals surface area contributed by atoms with E-state index in [0.717, 1.165) is 54.2 Å². The Morgan fingerprint density at radius 2 is 2.00 bits per heavy atom. The van der Waals surface area contributed by atoms with Gasteiger partial charge in [0.1, 0.15) is 23.1 Å². The fraction of sp³-hybridized carbons (Fsp3) is 0.414. The Hall–Kier alpha value is -3.19. The van der Waals surface area contributed by atoms with Crippen LogP contribution < -0.4 is 10.1 Å². The molecule has 2 fully saturated rings. The average Bonchev–Trinajstić information content (AvgIpc) is 3.83. The second-order valence-corrected chi connectivity index (χ2v) is 11.2. The van der Waals surface area contributed by atoms with Crippen LogP contribution in [0.3, 0.4) is 0 Å². The van der Waals surface area contributed by atoms with Crippen molar-refractivity contribution < 1.29 is 14.3 Å². The Morgan fingerprint density at radius 1 is 1.14 bits per heavy atom. The molecule has 2 heterocycles. The molecular formula is C29H31N3O3S. The third kappa shape index (κ3) is 5.03. The van der Waals surface area contributed by atoms with E-state index in [1.807, 2.05) is 6.07 Å². The molecule has 3 aromatic rings. The molecule has 36 heavy (non-hydrogen) atoms. The predicted molar refractivity (Wildman–Crippen MR) is 139 cm³/mol. The van der Waals surface area contributed by atoms with Crippen LogP contribution in [-0.4, -0.2) is 34.8 Å². The highest BCUT2D eigenvalue weighted by Gasteiger charge is 2.39. The van der Waals surface area contributed by atoms with Crippen LogP contribution in [0.1, 0.15) is 69.5 Å². The van der Waals surface area contributed by atoms with Crippen molar-refractivity contribution >= 4 is 23.2 Å². The van der Waals surface area contributed by atoms with E-state index in [4.69, 9.17) is 4.74 Å². The number of aromatic nitrogens is 1. The molecule has 6 rings (SSSR count). The first-order valence-corrected chi connectivity index (χ1v) is 13.8. The van der Waals surface area contributed by atoms with Gasteiger partial charge in [-0.3, -0.25) is 9.59 Å². The summed E-state index contributed by atoms with van der Waals surface area (Å²) in [6, 6.07) is 14.6. The Labute approximate surface area is 215 Å². The van der Waals surface area contributed by atoms with Gasteiger partial charge in [-0.1, -0.05) is 35.9 Å². The van der Waals surface area contributed by atoms with Gasteiger partial charge in [0.25, 0.3) is 5.91 Å². The molecular weight excluding hydrogens is 470 g/mol. The molecule has 186 valence electrons. The molecule has 1 aromatic heterocycles. The van der Waals surface area contributed by atoms with Gasteiger partial charge in [0.05, 0.1) is 6.04 Å². The van der Waals surface area contributed by atoms with E-state index in [1.165, 1.54) is 35.3 Å². The molecule has 2 amide bonds. The standard InChI is InChI=1S/C29H31N3O3S/c1-18-3-2-4-22(13-18)27-24-14-23(10-9-20(24)11-12-32(27)29(34)21-7-8-21)35-16-26-31-25(17-36-26)28(33)30-15-19-5-6-19/h2-4,9-10,13-14,17,19,21,27H,5-8,11-12,15-16H2,1H3,(H,30,33)/t27-/m0/s1. The first kappa shape index (κ1) is 23.2. The van der Waals surface area contributed by atoms with Gasteiger partial charge in [-0.2, -0.15) is 0 Å². The van der Waals surface area contributed by atoms with Gasteiger partial charge in [0, 0.05) is 24.4 Å². The normalized spacial score (nSPS) is 19.0. The van der Waals surface area contributed by atoms with Crippen molar-refractivity contribution in [1.82, 2.24) is 15.2 Å². The lowest BCUT2D eigenvalue weighted by Gasteiger charge is -2.38. The lowest BCUT2D eigenvalue weighted by molar-refractivity contribution is -0.134. The lowest BCUT2D eigenvalue weighted by Crippen LogP contribution is -2.41. The highest BCUT2D eigenvalue weighted by molar-refractivity contribution is 7.09. The van der Waals surface area contributed by atoms with Crippen molar-refractivity contribution in [2.24, 2.45) is 11.8 Å². The van der Waals surface area contributed by atoms with Gasteiger partial charge in [0.15, 0.2) is 0 Å². The zero-order valence-corrected chi connectivity index (χ0v) is 21.4. The first-order valence-electron chi connectivity index (χ1n) is 12.9. The zero-order chi connectivity index (χ0) is 24.6. The highest BCUT2D eigenvalue weighted by atomic mass is 32.1. The second-order valence-electron chi connectivity index (χ2n) is 10.3. The molecule has 2 saturated carbocycles. The summed E-state index contributed by atoms with van der Waals surface area (Å²) in [6.45, 7) is 3.87. The van der Waals surface area contributed by atoms with Crippen LogP contribution in [0.15, 0.2) is 47.8 Å². The number of ether oxygens (including phenoxy) is 1. The fourth-order valence-corrected chi connectivity index (χ4v) is 5.65. The number of rotatable bonds is 8. The monoisotopic (exact) mass is 501 g/mol. The molecule has 1 N–H and O–H groups in total. The van der Waals surface area contributed by atoms with E-state index in [1.54, 1.807) is 5.38 Å². The quantitative estimate of drug-likeness (QED) is 0.469. The number of benzene rings is 2. The molecule has 1 atom stereocenters. The van der Waals surface area contributed by atoms with Gasteiger partial charge in [-0.25, -0.2) is 4.98 Å². The van der Waals surface area contributed by atoms with Crippen LogP contribution in [0.5, 0.6) is 5.75 Å². The summed E-state index contributed by atoms with van der Waals surface area (Å²) >= 11 is 1.44. The molecule has 0 saturated heterocycles. The number of carbonyl (C=O) groups is 2. The molecule has 0 radical (unpaired) electrons. The number of hydrogen-bond donors (Lipinski definition) is 1. The highest BCUT2D eigenvalue weighted by Crippen LogP contribution is 2.41. The maximum absolute atomic E-state index is 13.2. The molecule has 2 aliphatic carbocycles. The smallest absolute Gasteiger partial charge is 0.270 e. The maximum atomic E-state index is 13.2. The van der Waals surface area contributed by atoms with E-state index in [9.17, 15) is 9.59 Å². The first-order chi connectivity index (χ1) is 17.5. The van der Waals surface area contributed by atoms with E-state index < -0.39 is 0 Å². The summed E-state index contributed by atoms with van der Waals surface area (Å²) in [6.07, 6.45) is 5.26. The van der Waals surface area contributed by atoms with Crippen molar-refractivity contribution in [1.29, 1.82) is 0 Å². The van der Waals surface area contributed by atoms with Gasteiger partial charge in [-0.15, -0.1) is 11.3 Å². The van der Waals surface area contributed by atoms with Gasteiger partial charge >= 0.3 is 0 Å². The largest absolute Gasteiger partial charge is 0.486 e. The SMILES string of the molecule is Cc1cccc([C@H]2c3cc(OCc4nc(C(=O)NCC5CC5)cs4)ccc3CCN2C(=O)C2CC2)c1. The van der Waals surface area contributed by atoms with Crippen LogP contribution in [0.2, 0.25) is 0 Å². The maximum Gasteiger partial charge on any atom is 0.270 e. The number of carbonyl (C=O) groups excluding carboxylic acids is 2. The minimum absolute atomic E-state index is 0.105. The minimum Gasteiger partial charge on any atom is -0.486 e. The van der Waals surface area contributed by atoms with Crippen LogP contribution in [0, 0.1) is 18.8 Å². The van der Waals surface area contributed by atoms with Crippen molar-refractivity contribution in [3.05, 3.63) is 80.8 Å². The lowest BCUT2D eigenvalue weighted by atomic mass is 9.87. The van der Waals surface area contributed by atoms with Crippen LogP contribution >= 0.6 is 11.3 Å². The molecule has 0 unspecified atom stereocenters. The summed E-state index contributed by atoms with van der Waals surface area (Å²) in [5, 5.41) is 5.53. The number of amides is 2. The third-order valence-corrected chi connectivity index (χ3v) is 8.13. The third-order valence-electron chi connectivity index (χ3n) is 7.31. The van der Waals surface area contributed by atoms with E-state index in [0.29, 0.717) is 18.2 Å².